The van der Waals surface area contributed by atoms with Gasteiger partial charge in [-0.25, -0.2) is 4.79 Å². The van der Waals surface area contributed by atoms with Crippen LogP contribution in [0.2, 0.25) is 5.02 Å². The number of ether oxygens (including phenoxy) is 3. The summed E-state index contributed by atoms with van der Waals surface area (Å²) in [6.45, 7) is 6.31. The van der Waals surface area contributed by atoms with Crippen LogP contribution in [-0.2, 0) is 14.3 Å². The van der Waals surface area contributed by atoms with Gasteiger partial charge in [0.2, 0.25) is 6.79 Å². The zero-order valence-corrected chi connectivity index (χ0v) is 20.8. The van der Waals surface area contributed by atoms with E-state index in [2.05, 4.69) is 5.32 Å². The number of Topliss-reactive ketones (excluding diaryl/α,β-unsaturated/α-hetero) is 1. The number of esters is 1. The molecular formula is C28H28ClNO5. The average molecular weight is 494 g/mol. The third kappa shape index (κ3) is 4.55. The minimum atomic E-state index is -0.543. The second-order valence-electron chi connectivity index (χ2n) is 9.67. The second kappa shape index (κ2) is 9.42. The molecule has 2 atom stereocenters. The van der Waals surface area contributed by atoms with Gasteiger partial charge in [-0.1, -0.05) is 43.6 Å². The molecule has 3 aliphatic rings. The number of ketones is 1. The van der Waals surface area contributed by atoms with Crippen molar-refractivity contribution >= 4 is 23.4 Å². The van der Waals surface area contributed by atoms with E-state index in [0.29, 0.717) is 52.8 Å². The minimum Gasteiger partial charge on any atom is -0.462 e. The Bertz CT molecular complexity index is 1240. The highest BCUT2D eigenvalue weighted by Crippen LogP contribution is 2.47. The Morgan fingerprint density at radius 3 is 2.54 bits per heavy atom. The lowest BCUT2D eigenvalue weighted by atomic mass is 9.71. The Morgan fingerprint density at radius 2 is 1.80 bits per heavy atom. The van der Waals surface area contributed by atoms with Crippen molar-refractivity contribution in [2.45, 2.75) is 45.4 Å². The van der Waals surface area contributed by atoms with Crippen LogP contribution in [0.1, 0.15) is 56.6 Å². The van der Waals surface area contributed by atoms with Crippen LogP contribution >= 0.6 is 11.6 Å². The van der Waals surface area contributed by atoms with Crippen molar-refractivity contribution in [2.75, 3.05) is 13.4 Å². The molecule has 0 amide bonds. The highest BCUT2D eigenvalue weighted by atomic mass is 35.5. The first kappa shape index (κ1) is 23.5. The lowest BCUT2D eigenvalue weighted by molar-refractivity contribution is -0.140. The van der Waals surface area contributed by atoms with Crippen LogP contribution in [0.15, 0.2) is 65.0 Å². The third-order valence-electron chi connectivity index (χ3n) is 6.67. The van der Waals surface area contributed by atoms with E-state index >= 15 is 0 Å². The van der Waals surface area contributed by atoms with Crippen LogP contribution in [0, 0.1) is 5.92 Å². The molecule has 0 fully saturated rings. The van der Waals surface area contributed by atoms with Crippen molar-refractivity contribution in [3.8, 4) is 11.5 Å². The Kier molecular flexibility index (Phi) is 6.32. The van der Waals surface area contributed by atoms with Gasteiger partial charge >= 0.3 is 5.97 Å². The zero-order valence-electron chi connectivity index (χ0n) is 20.0. The van der Waals surface area contributed by atoms with Crippen molar-refractivity contribution in [3.63, 3.8) is 0 Å². The molecule has 2 aromatic carbocycles. The molecule has 0 bridgehead atoms. The van der Waals surface area contributed by atoms with Gasteiger partial charge in [0.25, 0.3) is 0 Å². The average Bonchev–Trinajstić information content (AvgIpc) is 3.30. The second-order valence-corrected chi connectivity index (χ2v) is 10.1. The summed E-state index contributed by atoms with van der Waals surface area (Å²) in [6.07, 6.45) is 1.02. The first-order valence-corrected chi connectivity index (χ1v) is 12.3. The maximum atomic E-state index is 13.7. The minimum absolute atomic E-state index is 0.0167. The van der Waals surface area contributed by atoms with Gasteiger partial charge in [0.05, 0.1) is 12.2 Å². The van der Waals surface area contributed by atoms with Crippen molar-refractivity contribution in [3.05, 3.63) is 81.2 Å². The van der Waals surface area contributed by atoms with Crippen LogP contribution in [-0.4, -0.2) is 25.2 Å². The van der Waals surface area contributed by atoms with Crippen molar-refractivity contribution in [2.24, 2.45) is 5.92 Å². The van der Waals surface area contributed by atoms with Crippen LogP contribution in [0.25, 0.3) is 0 Å². The summed E-state index contributed by atoms with van der Waals surface area (Å²) in [5.74, 6) is 0.558. The fraction of sp³-hybridized carbons (Fsp3) is 0.357. The van der Waals surface area contributed by atoms with Gasteiger partial charge < -0.3 is 19.5 Å². The number of dihydropyridines is 1. The van der Waals surface area contributed by atoms with E-state index in [1.165, 1.54) is 0 Å². The first-order chi connectivity index (χ1) is 16.8. The van der Waals surface area contributed by atoms with E-state index in [1.807, 2.05) is 63.2 Å². The lowest BCUT2D eigenvalue weighted by Crippen LogP contribution is -2.36. The largest absolute Gasteiger partial charge is 0.462 e. The number of benzene rings is 2. The molecule has 0 saturated carbocycles. The molecule has 0 unspecified atom stereocenters. The molecule has 35 heavy (non-hydrogen) atoms. The molecule has 5 rings (SSSR count). The van der Waals surface area contributed by atoms with E-state index < -0.39 is 11.9 Å². The monoisotopic (exact) mass is 493 g/mol. The Balaban J connectivity index is 1.56. The van der Waals surface area contributed by atoms with Crippen molar-refractivity contribution in [1.29, 1.82) is 0 Å². The number of nitrogens with one attached hydrogen (secondary N) is 1. The summed E-state index contributed by atoms with van der Waals surface area (Å²) in [7, 11) is 0. The number of allylic oxidation sites excluding steroid dienone is 3. The standard InChI is InChI=1S/C28H28ClNO5/c1-15(2)13-33-28(32)25-16(3)30-21-10-19(17-4-7-20(29)8-5-17)11-22(31)27(21)26(25)18-6-9-23-24(12-18)35-14-34-23/h4-9,12,15,19,26,30H,10-11,13-14H2,1-3H3/t19-,26+/m0/s1. The molecule has 0 aromatic heterocycles. The van der Waals surface area contributed by atoms with E-state index in [-0.39, 0.29) is 24.4 Å². The number of fused-ring (bicyclic) bond motifs is 1. The molecule has 0 spiro atoms. The molecule has 182 valence electrons. The molecule has 2 heterocycles. The quantitative estimate of drug-likeness (QED) is 0.544. The molecule has 1 aliphatic carbocycles. The van der Waals surface area contributed by atoms with Gasteiger partial charge in [-0.05, 0) is 60.6 Å². The highest BCUT2D eigenvalue weighted by molar-refractivity contribution is 6.30. The molecule has 7 heteroatoms. The number of rotatable bonds is 5. The van der Waals surface area contributed by atoms with Crippen LogP contribution in [0.3, 0.4) is 0 Å². The highest BCUT2D eigenvalue weighted by Gasteiger charge is 2.42. The van der Waals surface area contributed by atoms with E-state index in [0.717, 1.165) is 16.8 Å². The van der Waals surface area contributed by atoms with Gasteiger partial charge in [-0.15, -0.1) is 0 Å². The molecule has 1 N–H and O–H groups in total. The molecule has 2 aliphatic heterocycles. The summed E-state index contributed by atoms with van der Waals surface area (Å²) in [6, 6.07) is 13.2. The summed E-state index contributed by atoms with van der Waals surface area (Å²) >= 11 is 6.07. The predicted molar refractivity (Wildman–Crippen MR) is 132 cm³/mol. The number of halogens is 1. The Morgan fingerprint density at radius 1 is 1.09 bits per heavy atom. The van der Waals surface area contributed by atoms with E-state index in [1.54, 1.807) is 0 Å². The fourth-order valence-electron chi connectivity index (χ4n) is 5.03. The number of carbonyl (C=O) groups is 2. The summed E-state index contributed by atoms with van der Waals surface area (Å²) in [4.78, 5) is 27.0. The number of carbonyl (C=O) groups excluding carboxylic acids is 2. The van der Waals surface area contributed by atoms with Gasteiger partial charge in [0, 0.05) is 34.3 Å². The van der Waals surface area contributed by atoms with Crippen molar-refractivity contribution < 1.29 is 23.8 Å². The smallest absolute Gasteiger partial charge is 0.336 e. The van der Waals surface area contributed by atoms with Gasteiger partial charge in [0.1, 0.15) is 0 Å². The Labute approximate surface area is 209 Å². The normalized spacial score (nSPS) is 21.2. The lowest BCUT2D eigenvalue weighted by Gasteiger charge is -2.36. The number of hydrogen-bond donors (Lipinski definition) is 1. The Hall–Kier alpha value is -3.25. The maximum absolute atomic E-state index is 13.7. The molecule has 0 saturated heterocycles. The SMILES string of the molecule is CC1=C(C(=O)OCC(C)C)[C@@H](c2ccc3c(c2)OCO3)C2=C(C[C@H](c3ccc(Cl)cc3)CC2=O)N1. The van der Waals surface area contributed by atoms with Gasteiger partial charge in [-0.2, -0.15) is 0 Å². The molecule has 6 nitrogen and oxygen atoms in total. The molecular weight excluding hydrogens is 466 g/mol. The van der Waals surface area contributed by atoms with Crippen LogP contribution < -0.4 is 14.8 Å². The summed E-state index contributed by atoms with van der Waals surface area (Å²) < 4.78 is 16.7. The summed E-state index contributed by atoms with van der Waals surface area (Å²) in [5, 5.41) is 4.05. The predicted octanol–water partition coefficient (Wildman–Crippen LogP) is 5.63. The van der Waals surface area contributed by atoms with E-state index in [4.69, 9.17) is 25.8 Å². The zero-order chi connectivity index (χ0) is 24.7. The fourth-order valence-corrected chi connectivity index (χ4v) is 5.15. The third-order valence-corrected chi connectivity index (χ3v) is 6.92. The molecule has 2 aromatic rings. The first-order valence-electron chi connectivity index (χ1n) is 11.9. The van der Waals surface area contributed by atoms with E-state index in [9.17, 15) is 9.59 Å². The molecule has 0 radical (unpaired) electrons. The van der Waals surface area contributed by atoms with Gasteiger partial charge in [0.15, 0.2) is 17.3 Å². The maximum Gasteiger partial charge on any atom is 0.336 e. The number of hydrogen-bond acceptors (Lipinski definition) is 6. The topological polar surface area (TPSA) is 73.9 Å². The van der Waals surface area contributed by atoms with Crippen LogP contribution in [0.5, 0.6) is 11.5 Å². The van der Waals surface area contributed by atoms with Gasteiger partial charge in [-0.3, -0.25) is 4.79 Å². The summed E-state index contributed by atoms with van der Waals surface area (Å²) in [5.41, 5.74) is 4.50. The van der Waals surface area contributed by atoms with Crippen LogP contribution in [0.4, 0.5) is 0 Å². The van der Waals surface area contributed by atoms with Crippen molar-refractivity contribution in [1.82, 2.24) is 5.32 Å².